The number of pyridine rings is 1. The Balaban J connectivity index is 1.98. The third-order valence-corrected chi connectivity index (χ3v) is 3.90. The van der Waals surface area contributed by atoms with E-state index in [1.807, 2.05) is 6.07 Å². The van der Waals surface area contributed by atoms with E-state index in [0.29, 0.717) is 11.2 Å². The van der Waals surface area contributed by atoms with Gasteiger partial charge in [0.2, 0.25) is 0 Å². The van der Waals surface area contributed by atoms with Gasteiger partial charge in [-0.05, 0) is 19.5 Å². The maximum absolute atomic E-state index is 6.09. The molecule has 0 aliphatic carbocycles. The summed E-state index contributed by atoms with van der Waals surface area (Å²) in [6.45, 7) is 6.53. The van der Waals surface area contributed by atoms with Gasteiger partial charge in [-0.1, -0.05) is 24.6 Å². The molecule has 0 N–H and O–H groups in total. The molecule has 2 heterocycles. The van der Waals surface area contributed by atoms with Crippen molar-refractivity contribution in [2.45, 2.75) is 25.9 Å². The van der Waals surface area contributed by atoms with Gasteiger partial charge >= 0.3 is 0 Å². The van der Waals surface area contributed by atoms with Crippen LogP contribution in [0.1, 0.15) is 18.9 Å². The Morgan fingerprint density at radius 1 is 1.47 bits per heavy atom. The Kier molecular flexibility index (Phi) is 4.37. The Morgan fingerprint density at radius 2 is 2.29 bits per heavy atom. The molecular formula is C13H20ClN3. The molecule has 1 aromatic heterocycles. The smallest absolute Gasteiger partial charge is 0.133 e. The van der Waals surface area contributed by atoms with E-state index in [9.17, 15) is 0 Å². The van der Waals surface area contributed by atoms with Crippen LogP contribution in [0.25, 0.3) is 0 Å². The summed E-state index contributed by atoms with van der Waals surface area (Å²) in [6.07, 6.45) is 2.94. The monoisotopic (exact) mass is 253 g/mol. The van der Waals surface area contributed by atoms with E-state index in [1.165, 1.54) is 6.42 Å². The van der Waals surface area contributed by atoms with Gasteiger partial charge in [0.15, 0.2) is 0 Å². The highest BCUT2D eigenvalue weighted by atomic mass is 35.5. The molecule has 2 rings (SSSR count). The third kappa shape index (κ3) is 3.18. The van der Waals surface area contributed by atoms with Crippen LogP contribution in [0.5, 0.6) is 0 Å². The van der Waals surface area contributed by atoms with E-state index in [4.69, 9.17) is 11.6 Å². The molecule has 0 bridgehead atoms. The molecule has 0 radical (unpaired) electrons. The molecule has 94 valence electrons. The van der Waals surface area contributed by atoms with Crippen LogP contribution in [-0.4, -0.2) is 47.5 Å². The molecule has 0 amide bonds. The first-order valence-electron chi connectivity index (χ1n) is 6.22. The van der Waals surface area contributed by atoms with Crippen LogP contribution in [0, 0.1) is 0 Å². The zero-order valence-electron chi connectivity index (χ0n) is 10.6. The second-order valence-corrected chi connectivity index (χ2v) is 5.09. The van der Waals surface area contributed by atoms with Crippen LogP contribution >= 0.6 is 11.6 Å². The fourth-order valence-corrected chi connectivity index (χ4v) is 2.55. The summed E-state index contributed by atoms with van der Waals surface area (Å²) in [6, 6.07) is 4.68. The van der Waals surface area contributed by atoms with Gasteiger partial charge in [-0.25, -0.2) is 4.98 Å². The van der Waals surface area contributed by atoms with Gasteiger partial charge in [-0.15, -0.1) is 0 Å². The molecule has 4 heteroatoms. The van der Waals surface area contributed by atoms with Gasteiger partial charge in [0.25, 0.3) is 0 Å². The van der Waals surface area contributed by atoms with Crippen LogP contribution in [0.2, 0.25) is 5.15 Å². The first-order valence-corrected chi connectivity index (χ1v) is 6.60. The second-order valence-electron chi connectivity index (χ2n) is 4.73. The predicted octanol–water partition coefficient (Wildman–Crippen LogP) is 2.26. The lowest BCUT2D eigenvalue weighted by atomic mass is 10.1. The number of likely N-dealkylation sites (N-methyl/N-ethyl adjacent to an activating group) is 1. The Labute approximate surface area is 108 Å². The minimum absolute atomic E-state index is 0.638. The van der Waals surface area contributed by atoms with E-state index in [1.54, 1.807) is 6.20 Å². The maximum Gasteiger partial charge on any atom is 0.133 e. The maximum atomic E-state index is 6.09. The molecule has 1 aromatic rings. The van der Waals surface area contributed by atoms with Crippen LogP contribution in [0.3, 0.4) is 0 Å². The highest BCUT2D eigenvalue weighted by Crippen LogP contribution is 2.17. The minimum atomic E-state index is 0.638. The summed E-state index contributed by atoms with van der Waals surface area (Å²) in [5, 5.41) is 0.638. The van der Waals surface area contributed by atoms with Crippen molar-refractivity contribution >= 4 is 11.6 Å². The highest BCUT2D eigenvalue weighted by Gasteiger charge is 2.23. The summed E-state index contributed by atoms with van der Waals surface area (Å²) in [4.78, 5) is 9.04. The molecule has 1 atom stereocenters. The number of halogens is 1. The first-order chi connectivity index (χ1) is 8.20. The average molecular weight is 254 g/mol. The molecule has 1 unspecified atom stereocenters. The van der Waals surface area contributed by atoms with Gasteiger partial charge in [0, 0.05) is 44.0 Å². The summed E-state index contributed by atoms with van der Waals surface area (Å²) >= 11 is 6.09. The molecule has 1 fully saturated rings. The fraction of sp³-hybridized carbons (Fsp3) is 0.615. The van der Waals surface area contributed by atoms with Gasteiger partial charge in [0.1, 0.15) is 5.15 Å². The quantitative estimate of drug-likeness (QED) is 0.771. The lowest BCUT2D eigenvalue weighted by Crippen LogP contribution is -2.50. The summed E-state index contributed by atoms with van der Waals surface area (Å²) in [7, 11) is 2.21. The van der Waals surface area contributed by atoms with Crippen molar-refractivity contribution in [2.24, 2.45) is 0 Å². The number of nitrogens with zero attached hydrogens (tertiary/aromatic N) is 3. The molecular weight excluding hydrogens is 234 g/mol. The number of rotatable bonds is 3. The van der Waals surface area contributed by atoms with Gasteiger partial charge in [-0.2, -0.15) is 0 Å². The van der Waals surface area contributed by atoms with E-state index in [0.717, 1.165) is 31.7 Å². The molecule has 17 heavy (non-hydrogen) atoms. The first kappa shape index (κ1) is 12.8. The van der Waals surface area contributed by atoms with Gasteiger partial charge in [0.05, 0.1) is 0 Å². The van der Waals surface area contributed by atoms with Crippen molar-refractivity contribution < 1.29 is 0 Å². The number of piperazine rings is 1. The number of aromatic nitrogens is 1. The highest BCUT2D eigenvalue weighted by molar-refractivity contribution is 6.30. The van der Waals surface area contributed by atoms with Gasteiger partial charge < -0.3 is 4.90 Å². The third-order valence-electron chi connectivity index (χ3n) is 3.56. The lowest BCUT2D eigenvalue weighted by molar-refractivity contribution is 0.0883. The average Bonchev–Trinajstić information content (AvgIpc) is 2.34. The van der Waals surface area contributed by atoms with E-state index >= 15 is 0 Å². The molecule has 0 spiro atoms. The predicted molar refractivity (Wildman–Crippen MR) is 71.2 cm³/mol. The van der Waals surface area contributed by atoms with E-state index in [2.05, 4.69) is 34.8 Å². The van der Waals surface area contributed by atoms with Crippen molar-refractivity contribution in [3.8, 4) is 0 Å². The van der Waals surface area contributed by atoms with E-state index < -0.39 is 0 Å². The largest absolute Gasteiger partial charge is 0.301 e. The van der Waals surface area contributed by atoms with Crippen molar-refractivity contribution in [1.29, 1.82) is 0 Å². The lowest BCUT2D eigenvalue weighted by Gasteiger charge is -2.39. The van der Waals surface area contributed by atoms with Crippen LogP contribution < -0.4 is 0 Å². The van der Waals surface area contributed by atoms with Crippen molar-refractivity contribution in [3.05, 3.63) is 29.0 Å². The van der Waals surface area contributed by atoms with Crippen LogP contribution in [0.4, 0.5) is 0 Å². The molecule has 1 aliphatic rings. The Bertz CT molecular complexity index is 369. The fourth-order valence-electron chi connectivity index (χ4n) is 2.37. The molecule has 0 aromatic carbocycles. The number of hydrogen-bond donors (Lipinski definition) is 0. The second kappa shape index (κ2) is 5.80. The van der Waals surface area contributed by atoms with Crippen molar-refractivity contribution in [1.82, 2.24) is 14.8 Å². The molecule has 0 saturated carbocycles. The molecule has 1 aliphatic heterocycles. The minimum Gasteiger partial charge on any atom is -0.301 e. The summed E-state index contributed by atoms with van der Waals surface area (Å²) < 4.78 is 0. The Hall–Kier alpha value is -0.640. The SMILES string of the molecule is CCC1CN(Cc2cccnc2Cl)CCN1C. The van der Waals surface area contributed by atoms with Crippen LogP contribution in [0.15, 0.2) is 18.3 Å². The standard InChI is InChI=1S/C13H20ClN3/c1-3-12-10-17(8-7-16(12)2)9-11-5-4-6-15-13(11)14/h4-6,12H,3,7-10H2,1-2H3. The summed E-state index contributed by atoms with van der Waals surface area (Å²) in [5.74, 6) is 0. The van der Waals surface area contributed by atoms with E-state index in [-0.39, 0.29) is 0 Å². The van der Waals surface area contributed by atoms with Gasteiger partial charge in [-0.3, -0.25) is 4.90 Å². The molecule has 3 nitrogen and oxygen atoms in total. The van der Waals surface area contributed by atoms with Crippen molar-refractivity contribution in [3.63, 3.8) is 0 Å². The molecule has 1 saturated heterocycles. The number of hydrogen-bond acceptors (Lipinski definition) is 3. The Morgan fingerprint density at radius 3 is 3.00 bits per heavy atom. The van der Waals surface area contributed by atoms with Crippen LogP contribution in [-0.2, 0) is 6.54 Å². The zero-order chi connectivity index (χ0) is 12.3. The normalized spacial score (nSPS) is 22.9. The zero-order valence-corrected chi connectivity index (χ0v) is 11.3. The summed E-state index contributed by atoms with van der Waals surface area (Å²) in [5.41, 5.74) is 1.13. The van der Waals surface area contributed by atoms with Crippen molar-refractivity contribution in [2.75, 3.05) is 26.7 Å². The topological polar surface area (TPSA) is 19.4 Å².